The summed E-state index contributed by atoms with van der Waals surface area (Å²) in [4.78, 5) is 24.2. The minimum atomic E-state index is -0.348. The third kappa shape index (κ3) is 4.01. The van der Waals surface area contributed by atoms with Crippen LogP contribution in [0.2, 0.25) is 0 Å². The van der Waals surface area contributed by atoms with Crippen LogP contribution in [0.3, 0.4) is 0 Å². The van der Waals surface area contributed by atoms with E-state index in [2.05, 4.69) is 26.6 Å². The fourth-order valence-electron chi connectivity index (χ4n) is 2.66. The van der Waals surface area contributed by atoms with Crippen molar-refractivity contribution in [3.05, 3.63) is 45.8 Å². The quantitative estimate of drug-likeness (QED) is 0.772. The lowest BCUT2D eigenvalue weighted by atomic mass is 10.1. The number of fused-ring (bicyclic) bond motifs is 1. The van der Waals surface area contributed by atoms with E-state index >= 15 is 0 Å². The fourth-order valence-corrected chi connectivity index (χ4v) is 3.32. The molecule has 2 N–H and O–H groups in total. The van der Waals surface area contributed by atoms with Gasteiger partial charge in [-0.25, -0.2) is 0 Å². The van der Waals surface area contributed by atoms with Crippen LogP contribution >= 0.6 is 15.9 Å². The minimum absolute atomic E-state index is 0.129. The third-order valence-electron chi connectivity index (χ3n) is 4.02. The summed E-state index contributed by atoms with van der Waals surface area (Å²) in [5.74, 6) is 1.19. The summed E-state index contributed by atoms with van der Waals surface area (Å²) in [6.45, 7) is 4.43. The minimum Gasteiger partial charge on any atom is -0.486 e. The van der Waals surface area contributed by atoms with Gasteiger partial charge in [0.2, 0.25) is 5.91 Å². The van der Waals surface area contributed by atoms with Gasteiger partial charge >= 0.3 is 0 Å². The van der Waals surface area contributed by atoms with E-state index in [0.717, 1.165) is 10.0 Å². The Hall–Kier alpha value is -2.48. The molecule has 0 saturated heterocycles. The molecule has 1 unspecified atom stereocenters. The van der Waals surface area contributed by atoms with Crippen LogP contribution in [-0.2, 0) is 4.79 Å². The summed E-state index contributed by atoms with van der Waals surface area (Å²) in [7, 11) is 0. The highest BCUT2D eigenvalue weighted by Crippen LogP contribution is 2.37. The Kier molecular flexibility index (Phi) is 5.51. The molecule has 1 aliphatic rings. The van der Waals surface area contributed by atoms with E-state index in [4.69, 9.17) is 13.9 Å². The number of hydrogen-bond acceptors (Lipinski definition) is 5. The second-order valence-electron chi connectivity index (χ2n) is 5.88. The molecule has 7 nitrogen and oxygen atoms in total. The number of amides is 2. The van der Waals surface area contributed by atoms with Crippen LogP contribution < -0.4 is 20.1 Å². The number of halogens is 1. The van der Waals surface area contributed by atoms with Crippen molar-refractivity contribution in [2.45, 2.75) is 19.9 Å². The molecule has 0 radical (unpaired) electrons. The molecule has 26 heavy (non-hydrogen) atoms. The molecule has 138 valence electrons. The Balaban J connectivity index is 1.59. The van der Waals surface area contributed by atoms with E-state index in [-0.39, 0.29) is 24.4 Å². The molecule has 1 aliphatic heterocycles. The Labute approximate surface area is 159 Å². The Morgan fingerprint density at radius 1 is 1.23 bits per heavy atom. The molecule has 0 fully saturated rings. The second kappa shape index (κ2) is 7.82. The zero-order chi connectivity index (χ0) is 18.7. The van der Waals surface area contributed by atoms with Gasteiger partial charge in [0.05, 0.1) is 24.4 Å². The van der Waals surface area contributed by atoms with Crippen molar-refractivity contribution in [3.8, 4) is 11.5 Å². The van der Waals surface area contributed by atoms with Gasteiger partial charge in [0.25, 0.3) is 5.91 Å². The van der Waals surface area contributed by atoms with Gasteiger partial charge in [-0.15, -0.1) is 0 Å². The van der Waals surface area contributed by atoms with E-state index in [1.807, 2.05) is 19.1 Å². The normalized spacial score (nSPS) is 13.8. The van der Waals surface area contributed by atoms with Gasteiger partial charge in [0.1, 0.15) is 19.0 Å². The van der Waals surface area contributed by atoms with Crippen molar-refractivity contribution in [1.29, 1.82) is 0 Å². The van der Waals surface area contributed by atoms with Crippen LogP contribution in [0.15, 0.2) is 33.4 Å². The molecule has 1 atom stereocenters. The van der Waals surface area contributed by atoms with Gasteiger partial charge in [0.15, 0.2) is 11.5 Å². The lowest BCUT2D eigenvalue weighted by Crippen LogP contribution is -2.38. The molecular weight excluding hydrogens is 404 g/mol. The van der Waals surface area contributed by atoms with Crippen LogP contribution in [0.25, 0.3) is 0 Å². The average molecular weight is 423 g/mol. The molecule has 0 spiro atoms. The Morgan fingerprint density at radius 2 is 1.92 bits per heavy atom. The standard InChI is InChI=1S/C18H19BrN2O5/c1-10(13-7-15-16(8-14(13)19)26-6-5-25-15)21-17(22)9-20-18(23)12-3-4-24-11(12)2/h3-4,7-8,10H,5-6,9H2,1-2H3,(H,20,23)(H,21,22). The van der Waals surface area contributed by atoms with Crippen LogP contribution in [0.1, 0.15) is 34.6 Å². The summed E-state index contributed by atoms with van der Waals surface area (Å²) >= 11 is 3.50. The summed E-state index contributed by atoms with van der Waals surface area (Å²) in [5, 5.41) is 5.44. The van der Waals surface area contributed by atoms with E-state index in [9.17, 15) is 9.59 Å². The summed E-state index contributed by atoms with van der Waals surface area (Å²) in [6.07, 6.45) is 1.44. The highest BCUT2D eigenvalue weighted by Gasteiger charge is 2.20. The fraction of sp³-hybridized carbons (Fsp3) is 0.333. The van der Waals surface area contributed by atoms with Crippen LogP contribution in [0, 0.1) is 6.92 Å². The third-order valence-corrected chi connectivity index (χ3v) is 4.71. The number of carbonyl (C=O) groups excluding carboxylic acids is 2. The number of rotatable bonds is 5. The van der Waals surface area contributed by atoms with Crippen LogP contribution in [0.4, 0.5) is 0 Å². The molecule has 8 heteroatoms. The predicted octanol–water partition coefficient (Wildman–Crippen LogP) is 2.73. The SMILES string of the molecule is Cc1occc1C(=O)NCC(=O)NC(C)c1cc2c(cc1Br)OCCO2. The lowest BCUT2D eigenvalue weighted by Gasteiger charge is -2.22. The van der Waals surface area contributed by atoms with Gasteiger partial charge in [-0.05, 0) is 37.6 Å². The maximum atomic E-state index is 12.2. The number of nitrogens with one attached hydrogen (secondary N) is 2. The summed E-state index contributed by atoms with van der Waals surface area (Å²) in [6, 6.07) is 4.96. The molecule has 0 aliphatic carbocycles. The molecule has 2 heterocycles. The monoisotopic (exact) mass is 422 g/mol. The lowest BCUT2D eigenvalue weighted by molar-refractivity contribution is -0.120. The van der Waals surface area contributed by atoms with Crippen LogP contribution in [-0.4, -0.2) is 31.6 Å². The summed E-state index contributed by atoms with van der Waals surface area (Å²) in [5.41, 5.74) is 1.28. The molecule has 1 aromatic heterocycles. The first-order valence-electron chi connectivity index (χ1n) is 8.16. The predicted molar refractivity (Wildman–Crippen MR) is 97.5 cm³/mol. The van der Waals surface area contributed by atoms with Crippen molar-refractivity contribution in [1.82, 2.24) is 10.6 Å². The van der Waals surface area contributed by atoms with Crippen molar-refractivity contribution in [3.63, 3.8) is 0 Å². The zero-order valence-electron chi connectivity index (χ0n) is 14.4. The Morgan fingerprint density at radius 3 is 2.58 bits per heavy atom. The van der Waals surface area contributed by atoms with E-state index in [1.54, 1.807) is 13.0 Å². The highest BCUT2D eigenvalue weighted by atomic mass is 79.9. The number of ether oxygens (including phenoxy) is 2. The molecule has 3 rings (SSSR count). The topological polar surface area (TPSA) is 89.8 Å². The van der Waals surface area contributed by atoms with Crippen molar-refractivity contribution in [2.75, 3.05) is 19.8 Å². The maximum Gasteiger partial charge on any atom is 0.255 e. The molecule has 2 amide bonds. The van der Waals surface area contributed by atoms with Crippen molar-refractivity contribution in [2.24, 2.45) is 0 Å². The van der Waals surface area contributed by atoms with Gasteiger partial charge in [-0.3, -0.25) is 9.59 Å². The first-order valence-corrected chi connectivity index (χ1v) is 8.95. The average Bonchev–Trinajstić information content (AvgIpc) is 3.05. The number of carbonyl (C=O) groups is 2. The first kappa shape index (κ1) is 18.3. The van der Waals surface area contributed by atoms with Gasteiger partial charge in [-0.2, -0.15) is 0 Å². The molecule has 2 aromatic rings. The van der Waals surface area contributed by atoms with Crippen molar-refractivity contribution < 1.29 is 23.5 Å². The smallest absolute Gasteiger partial charge is 0.255 e. The highest BCUT2D eigenvalue weighted by molar-refractivity contribution is 9.10. The summed E-state index contributed by atoms with van der Waals surface area (Å²) < 4.78 is 17.0. The number of benzene rings is 1. The van der Waals surface area contributed by atoms with E-state index < -0.39 is 0 Å². The molecular formula is C18H19BrN2O5. The van der Waals surface area contributed by atoms with Gasteiger partial charge in [0, 0.05) is 4.47 Å². The molecule has 0 bridgehead atoms. The van der Waals surface area contributed by atoms with Crippen molar-refractivity contribution >= 4 is 27.7 Å². The largest absolute Gasteiger partial charge is 0.486 e. The molecule has 0 saturated carbocycles. The zero-order valence-corrected chi connectivity index (χ0v) is 16.0. The molecule has 1 aromatic carbocycles. The van der Waals surface area contributed by atoms with E-state index in [0.29, 0.717) is 36.0 Å². The Bertz CT molecular complexity index is 833. The van der Waals surface area contributed by atoms with Gasteiger partial charge < -0.3 is 24.5 Å². The maximum absolute atomic E-state index is 12.2. The first-order chi connectivity index (χ1) is 12.5. The number of furan rings is 1. The number of hydrogen-bond donors (Lipinski definition) is 2. The van der Waals surface area contributed by atoms with Gasteiger partial charge in [-0.1, -0.05) is 15.9 Å². The van der Waals surface area contributed by atoms with E-state index in [1.165, 1.54) is 6.26 Å². The van der Waals surface area contributed by atoms with Crippen LogP contribution in [0.5, 0.6) is 11.5 Å². The second-order valence-corrected chi connectivity index (χ2v) is 6.73. The number of aryl methyl sites for hydroxylation is 1.